The molecule has 0 fully saturated rings. The minimum absolute atomic E-state index is 0.0430. The molecular weight excluding hydrogens is 309 g/mol. The lowest BCUT2D eigenvalue weighted by Gasteiger charge is -2.22. The van der Waals surface area contributed by atoms with Gasteiger partial charge in [0, 0.05) is 18.9 Å². The first-order valence-electron chi connectivity index (χ1n) is 6.90. The van der Waals surface area contributed by atoms with Crippen LogP contribution in [0.1, 0.15) is 28.9 Å². The molecule has 0 spiro atoms. The minimum Gasteiger partial charge on any atom is -0.355 e. The molecule has 0 aliphatic carbocycles. The third-order valence-electron chi connectivity index (χ3n) is 2.98. The van der Waals surface area contributed by atoms with E-state index < -0.39 is 18.1 Å². The summed E-state index contributed by atoms with van der Waals surface area (Å²) in [5, 5.41) is 4.81. The Labute approximate surface area is 131 Å². The Bertz CT molecular complexity index is 644. The van der Waals surface area contributed by atoms with Crippen LogP contribution in [0.2, 0.25) is 0 Å². The van der Waals surface area contributed by atoms with Gasteiger partial charge in [-0.05, 0) is 12.5 Å². The van der Waals surface area contributed by atoms with Crippen molar-refractivity contribution in [2.75, 3.05) is 11.9 Å². The van der Waals surface area contributed by atoms with E-state index in [0.717, 1.165) is 0 Å². The van der Waals surface area contributed by atoms with E-state index in [1.165, 1.54) is 36.7 Å². The van der Waals surface area contributed by atoms with E-state index in [1.54, 1.807) is 6.07 Å². The number of rotatable bonds is 5. The Morgan fingerprint density at radius 3 is 2.30 bits per heavy atom. The van der Waals surface area contributed by atoms with Crippen molar-refractivity contribution in [2.24, 2.45) is 0 Å². The highest BCUT2D eigenvalue weighted by molar-refractivity contribution is 5.94. The van der Waals surface area contributed by atoms with Gasteiger partial charge in [-0.3, -0.25) is 4.79 Å². The van der Waals surface area contributed by atoms with Gasteiger partial charge in [0.15, 0.2) is 6.04 Å². The normalized spacial score (nSPS) is 12.5. The van der Waals surface area contributed by atoms with Crippen LogP contribution in [-0.4, -0.2) is 28.6 Å². The molecule has 8 heteroatoms. The number of benzene rings is 1. The van der Waals surface area contributed by atoms with E-state index in [9.17, 15) is 18.0 Å². The second kappa shape index (κ2) is 7.08. The van der Waals surface area contributed by atoms with Gasteiger partial charge in [-0.2, -0.15) is 13.2 Å². The molecule has 23 heavy (non-hydrogen) atoms. The molecule has 2 rings (SSSR count). The predicted octanol–water partition coefficient (Wildman–Crippen LogP) is 2.94. The Morgan fingerprint density at radius 1 is 1.17 bits per heavy atom. The van der Waals surface area contributed by atoms with E-state index in [1.807, 2.05) is 12.2 Å². The molecule has 0 saturated carbocycles. The summed E-state index contributed by atoms with van der Waals surface area (Å²) in [5.41, 5.74) is -0.0876. The number of amides is 1. The molecule has 1 aromatic carbocycles. The first kappa shape index (κ1) is 16.7. The first-order chi connectivity index (χ1) is 10.9. The van der Waals surface area contributed by atoms with Gasteiger partial charge in [-0.25, -0.2) is 9.97 Å². The Kier molecular flexibility index (Phi) is 5.15. The van der Waals surface area contributed by atoms with Crippen molar-refractivity contribution in [1.29, 1.82) is 0 Å². The highest BCUT2D eigenvalue weighted by Crippen LogP contribution is 2.32. The maximum Gasteiger partial charge on any atom is 0.412 e. The Morgan fingerprint density at radius 2 is 1.78 bits per heavy atom. The van der Waals surface area contributed by atoms with Crippen LogP contribution in [0.4, 0.5) is 19.1 Å². The van der Waals surface area contributed by atoms with Crippen molar-refractivity contribution in [3.8, 4) is 0 Å². The van der Waals surface area contributed by atoms with Crippen LogP contribution in [-0.2, 0) is 0 Å². The van der Waals surface area contributed by atoms with Crippen LogP contribution in [0, 0.1) is 0 Å². The summed E-state index contributed by atoms with van der Waals surface area (Å²) in [7, 11) is 0. The number of aromatic nitrogens is 2. The van der Waals surface area contributed by atoms with Gasteiger partial charge in [0.2, 0.25) is 5.95 Å². The van der Waals surface area contributed by atoms with E-state index in [0.29, 0.717) is 12.5 Å². The summed E-state index contributed by atoms with van der Waals surface area (Å²) in [4.78, 5) is 19.8. The topological polar surface area (TPSA) is 66.9 Å². The lowest BCUT2D eigenvalue weighted by molar-refractivity contribution is -0.155. The molecule has 0 aliphatic rings. The number of carbonyl (C=O) groups is 1. The Hall–Kier alpha value is -2.64. The molecule has 1 heterocycles. The number of carbonyl (C=O) groups excluding carboxylic acids is 1. The molecule has 0 saturated heterocycles. The van der Waals surface area contributed by atoms with Crippen molar-refractivity contribution in [1.82, 2.24) is 15.3 Å². The zero-order valence-corrected chi connectivity index (χ0v) is 12.3. The fourth-order valence-electron chi connectivity index (χ4n) is 1.91. The second-order valence-corrected chi connectivity index (χ2v) is 4.68. The molecule has 0 bridgehead atoms. The van der Waals surface area contributed by atoms with Crippen molar-refractivity contribution in [3.63, 3.8) is 0 Å². The summed E-state index contributed by atoms with van der Waals surface area (Å²) >= 11 is 0. The Balaban J connectivity index is 2.18. The van der Waals surface area contributed by atoms with Crippen LogP contribution in [0.25, 0.3) is 0 Å². The van der Waals surface area contributed by atoms with Gasteiger partial charge in [-0.15, -0.1) is 0 Å². The summed E-state index contributed by atoms with van der Waals surface area (Å²) in [6, 6.07) is 5.09. The predicted molar refractivity (Wildman–Crippen MR) is 78.9 cm³/mol. The molecule has 2 N–H and O–H groups in total. The molecule has 122 valence electrons. The molecule has 1 aromatic heterocycles. The summed E-state index contributed by atoms with van der Waals surface area (Å²) in [5.74, 6) is -0.585. The minimum atomic E-state index is -4.61. The molecule has 1 amide bonds. The molecule has 0 aliphatic heterocycles. The summed E-state index contributed by atoms with van der Waals surface area (Å²) in [6.45, 7) is 2.44. The highest BCUT2D eigenvalue weighted by atomic mass is 19.4. The van der Waals surface area contributed by atoms with Gasteiger partial charge >= 0.3 is 6.18 Å². The third-order valence-corrected chi connectivity index (χ3v) is 2.98. The quantitative estimate of drug-likeness (QED) is 0.887. The average Bonchev–Trinajstić information content (AvgIpc) is 2.53. The summed E-state index contributed by atoms with van der Waals surface area (Å²) < 4.78 is 39.6. The van der Waals surface area contributed by atoms with E-state index >= 15 is 0 Å². The van der Waals surface area contributed by atoms with Crippen molar-refractivity contribution in [2.45, 2.75) is 19.1 Å². The molecule has 1 atom stereocenters. The molecule has 0 unspecified atom stereocenters. The van der Waals surface area contributed by atoms with E-state index in [2.05, 4.69) is 15.3 Å². The number of hydrogen-bond acceptors (Lipinski definition) is 4. The van der Waals surface area contributed by atoms with E-state index in [4.69, 9.17) is 0 Å². The standard InChI is InChI=1S/C15H15F3N4O/c1-2-19-14-20-8-11(9-21-14)13(23)22-12(15(16,17)18)10-6-4-3-5-7-10/h3-9,12H,2H2,1H3,(H,22,23)(H,19,20,21)/t12-/m1/s1. The third kappa shape index (κ3) is 4.41. The maximum atomic E-state index is 13.2. The fourth-order valence-corrected chi connectivity index (χ4v) is 1.91. The number of nitrogens with one attached hydrogen (secondary N) is 2. The number of alkyl halides is 3. The van der Waals surface area contributed by atoms with Gasteiger partial charge in [0.25, 0.3) is 5.91 Å². The summed E-state index contributed by atoms with van der Waals surface area (Å²) in [6.07, 6.45) is -2.25. The largest absolute Gasteiger partial charge is 0.412 e. The van der Waals surface area contributed by atoms with Gasteiger partial charge in [-0.1, -0.05) is 30.3 Å². The SMILES string of the molecule is CCNc1ncc(C(=O)N[C@H](c2ccccc2)C(F)(F)F)cn1. The maximum absolute atomic E-state index is 13.2. The number of anilines is 1. The molecule has 0 radical (unpaired) electrons. The van der Waals surface area contributed by atoms with Crippen molar-refractivity contribution in [3.05, 3.63) is 53.9 Å². The monoisotopic (exact) mass is 324 g/mol. The van der Waals surface area contributed by atoms with Crippen LogP contribution >= 0.6 is 0 Å². The van der Waals surface area contributed by atoms with Gasteiger partial charge in [0.1, 0.15) is 0 Å². The second-order valence-electron chi connectivity index (χ2n) is 4.68. The zero-order valence-electron chi connectivity index (χ0n) is 12.3. The van der Waals surface area contributed by atoms with Gasteiger partial charge in [0.05, 0.1) is 5.56 Å². The number of nitrogens with zero attached hydrogens (tertiary/aromatic N) is 2. The van der Waals surface area contributed by atoms with Crippen LogP contribution < -0.4 is 10.6 Å². The van der Waals surface area contributed by atoms with Crippen LogP contribution in [0.15, 0.2) is 42.7 Å². The lowest BCUT2D eigenvalue weighted by Crippen LogP contribution is -2.38. The van der Waals surface area contributed by atoms with Crippen LogP contribution in [0.5, 0.6) is 0 Å². The van der Waals surface area contributed by atoms with E-state index in [-0.39, 0.29) is 11.1 Å². The highest BCUT2D eigenvalue weighted by Gasteiger charge is 2.41. The molecular formula is C15H15F3N4O. The fraction of sp³-hybridized carbons (Fsp3) is 0.267. The average molecular weight is 324 g/mol. The number of hydrogen-bond donors (Lipinski definition) is 2. The van der Waals surface area contributed by atoms with Crippen molar-refractivity contribution < 1.29 is 18.0 Å². The lowest BCUT2D eigenvalue weighted by atomic mass is 10.1. The molecule has 5 nitrogen and oxygen atoms in total. The first-order valence-corrected chi connectivity index (χ1v) is 6.90. The van der Waals surface area contributed by atoms with Crippen molar-refractivity contribution >= 4 is 11.9 Å². The molecule has 2 aromatic rings. The smallest absolute Gasteiger partial charge is 0.355 e. The zero-order chi connectivity index (χ0) is 16.9. The van der Waals surface area contributed by atoms with Gasteiger partial charge < -0.3 is 10.6 Å². The number of halogens is 3. The van der Waals surface area contributed by atoms with Crippen LogP contribution in [0.3, 0.4) is 0 Å².